The summed E-state index contributed by atoms with van der Waals surface area (Å²) in [6.07, 6.45) is 1.48. The predicted molar refractivity (Wildman–Crippen MR) is 69.9 cm³/mol. The molecule has 2 aromatic rings. The van der Waals surface area contributed by atoms with Crippen LogP contribution in [0.25, 0.3) is 0 Å². The Morgan fingerprint density at radius 1 is 1.44 bits per heavy atom. The Morgan fingerprint density at radius 3 is 2.94 bits per heavy atom. The molecule has 0 bridgehead atoms. The standard InChI is InChI=1S/C10H12N4O2S2/c1-11-6-8-5-10(17-7-8)18(15,16)14-9-3-2-4-12-13-9/h2-5,7,11H,6H2,1H3,(H,13,14). The van der Waals surface area contributed by atoms with Crippen molar-refractivity contribution < 1.29 is 8.42 Å². The maximum absolute atomic E-state index is 12.0. The van der Waals surface area contributed by atoms with E-state index in [0.29, 0.717) is 6.54 Å². The Hall–Kier alpha value is -1.51. The first-order valence-electron chi connectivity index (χ1n) is 5.14. The van der Waals surface area contributed by atoms with Crippen LogP contribution in [0, 0.1) is 0 Å². The summed E-state index contributed by atoms with van der Waals surface area (Å²) in [7, 11) is -1.76. The number of nitrogens with zero attached hydrogens (tertiary/aromatic N) is 2. The molecule has 96 valence electrons. The van der Waals surface area contributed by atoms with Crippen LogP contribution < -0.4 is 10.0 Å². The zero-order chi connectivity index (χ0) is 13.0. The number of hydrogen-bond acceptors (Lipinski definition) is 6. The zero-order valence-electron chi connectivity index (χ0n) is 9.62. The van der Waals surface area contributed by atoms with Crippen molar-refractivity contribution >= 4 is 27.2 Å². The minimum Gasteiger partial charge on any atom is -0.316 e. The second-order valence-electron chi connectivity index (χ2n) is 3.52. The smallest absolute Gasteiger partial charge is 0.272 e. The molecular weight excluding hydrogens is 272 g/mol. The van der Waals surface area contributed by atoms with E-state index in [-0.39, 0.29) is 10.0 Å². The topological polar surface area (TPSA) is 84.0 Å². The summed E-state index contributed by atoms with van der Waals surface area (Å²) in [5, 5.41) is 12.1. The van der Waals surface area contributed by atoms with Crippen LogP contribution in [0.5, 0.6) is 0 Å². The second kappa shape index (κ2) is 5.42. The van der Waals surface area contributed by atoms with E-state index in [1.165, 1.54) is 17.5 Å². The third-order valence-corrected chi connectivity index (χ3v) is 4.93. The highest BCUT2D eigenvalue weighted by atomic mass is 32.2. The van der Waals surface area contributed by atoms with Gasteiger partial charge in [0.25, 0.3) is 10.0 Å². The number of thiophene rings is 1. The van der Waals surface area contributed by atoms with Gasteiger partial charge in [-0.25, -0.2) is 8.42 Å². The molecule has 8 heteroatoms. The van der Waals surface area contributed by atoms with Crippen LogP contribution in [0.2, 0.25) is 0 Å². The molecule has 0 spiro atoms. The van der Waals surface area contributed by atoms with Crippen molar-refractivity contribution in [2.24, 2.45) is 0 Å². The van der Waals surface area contributed by atoms with Gasteiger partial charge in [0.15, 0.2) is 5.82 Å². The summed E-state index contributed by atoms with van der Waals surface area (Å²) >= 11 is 1.18. The first kappa shape index (κ1) is 12.9. The van der Waals surface area contributed by atoms with Gasteiger partial charge in [0.2, 0.25) is 0 Å². The van der Waals surface area contributed by atoms with E-state index >= 15 is 0 Å². The average molecular weight is 284 g/mol. The Bertz CT molecular complexity index is 610. The van der Waals surface area contributed by atoms with E-state index < -0.39 is 10.0 Å². The summed E-state index contributed by atoms with van der Waals surface area (Å²) in [6, 6.07) is 4.80. The van der Waals surface area contributed by atoms with Crippen molar-refractivity contribution in [2.45, 2.75) is 10.8 Å². The molecule has 2 N–H and O–H groups in total. The summed E-state index contributed by atoms with van der Waals surface area (Å²) in [5.41, 5.74) is 0.932. The molecule has 0 aliphatic carbocycles. The summed E-state index contributed by atoms with van der Waals surface area (Å²) < 4.78 is 26.7. The number of rotatable bonds is 5. The molecule has 2 rings (SSSR count). The molecule has 0 aliphatic rings. The van der Waals surface area contributed by atoms with Gasteiger partial charge in [-0.05, 0) is 36.2 Å². The third-order valence-electron chi connectivity index (χ3n) is 2.09. The first-order chi connectivity index (χ1) is 8.62. The van der Waals surface area contributed by atoms with Gasteiger partial charge in [0, 0.05) is 12.7 Å². The van der Waals surface area contributed by atoms with E-state index in [0.717, 1.165) is 5.56 Å². The van der Waals surface area contributed by atoms with Crippen LogP contribution in [0.1, 0.15) is 5.56 Å². The van der Waals surface area contributed by atoms with Crippen molar-refractivity contribution in [3.8, 4) is 0 Å². The van der Waals surface area contributed by atoms with Crippen LogP contribution in [0.3, 0.4) is 0 Å². The highest BCUT2D eigenvalue weighted by Crippen LogP contribution is 2.22. The molecule has 0 aliphatic heterocycles. The number of hydrogen-bond donors (Lipinski definition) is 2. The largest absolute Gasteiger partial charge is 0.316 e. The maximum Gasteiger partial charge on any atom is 0.272 e. The van der Waals surface area contributed by atoms with Crippen molar-refractivity contribution in [1.29, 1.82) is 0 Å². The van der Waals surface area contributed by atoms with Gasteiger partial charge in [0.1, 0.15) is 4.21 Å². The molecular formula is C10H12N4O2S2. The number of sulfonamides is 1. The average Bonchev–Trinajstić information content (AvgIpc) is 2.80. The third kappa shape index (κ3) is 3.03. The number of nitrogens with one attached hydrogen (secondary N) is 2. The van der Waals surface area contributed by atoms with Crippen LogP contribution in [0.4, 0.5) is 5.82 Å². The van der Waals surface area contributed by atoms with Crippen LogP contribution >= 0.6 is 11.3 Å². The van der Waals surface area contributed by atoms with Gasteiger partial charge >= 0.3 is 0 Å². The van der Waals surface area contributed by atoms with Crippen molar-refractivity contribution in [2.75, 3.05) is 11.8 Å². The molecule has 0 radical (unpaired) electrons. The normalized spacial score (nSPS) is 11.4. The lowest BCUT2D eigenvalue weighted by atomic mass is 10.3. The molecule has 0 saturated carbocycles. The molecule has 2 heterocycles. The van der Waals surface area contributed by atoms with Gasteiger partial charge in [-0.15, -0.1) is 16.4 Å². The molecule has 0 fully saturated rings. The minimum atomic E-state index is -3.57. The lowest BCUT2D eigenvalue weighted by Gasteiger charge is -2.03. The van der Waals surface area contributed by atoms with Crippen LogP contribution in [-0.2, 0) is 16.6 Å². The van der Waals surface area contributed by atoms with Crippen molar-refractivity contribution in [3.05, 3.63) is 35.3 Å². The van der Waals surface area contributed by atoms with Crippen LogP contribution in [-0.4, -0.2) is 25.7 Å². The van der Waals surface area contributed by atoms with Gasteiger partial charge in [-0.2, -0.15) is 5.10 Å². The van der Waals surface area contributed by atoms with E-state index in [1.807, 2.05) is 12.4 Å². The lowest BCUT2D eigenvalue weighted by molar-refractivity contribution is 0.602. The fourth-order valence-corrected chi connectivity index (χ4v) is 3.54. The van der Waals surface area contributed by atoms with Gasteiger partial charge < -0.3 is 5.32 Å². The van der Waals surface area contributed by atoms with Gasteiger partial charge in [-0.1, -0.05) is 0 Å². The summed E-state index contributed by atoms with van der Waals surface area (Å²) in [6.45, 7) is 0.636. The van der Waals surface area contributed by atoms with Gasteiger partial charge in [-0.3, -0.25) is 4.72 Å². The fraction of sp³-hybridized carbons (Fsp3) is 0.200. The predicted octanol–water partition coefficient (Wildman–Crippen LogP) is 1.06. The SMILES string of the molecule is CNCc1csc(S(=O)(=O)Nc2cccnn2)c1. The summed E-state index contributed by atoms with van der Waals surface area (Å²) in [4.78, 5) is 0. The van der Waals surface area contributed by atoms with E-state index in [1.54, 1.807) is 18.2 Å². The molecule has 0 aromatic carbocycles. The highest BCUT2D eigenvalue weighted by molar-refractivity contribution is 7.94. The molecule has 6 nitrogen and oxygen atoms in total. The first-order valence-corrected chi connectivity index (χ1v) is 7.50. The van der Waals surface area contributed by atoms with Crippen molar-refractivity contribution in [3.63, 3.8) is 0 Å². The van der Waals surface area contributed by atoms with Crippen LogP contribution in [0.15, 0.2) is 34.0 Å². The quantitative estimate of drug-likeness (QED) is 0.857. The molecule has 0 saturated heterocycles. The molecule has 0 atom stereocenters. The monoisotopic (exact) mass is 284 g/mol. The maximum atomic E-state index is 12.0. The van der Waals surface area contributed by atoms with Gasteiger partial charge in [0.05, 0.1) is 0 Å². The number of aromatic nitrogens is 2. The second-order valence-corrected chi connectivity index (χ2v) is 6.34. The fourth-order valence-electron chi connectivity index (χ4n) is 1.33. The Kier molecular flexibility index (Phi) is 3.90. The Morgan fingerprint density at radius 2 is 2.28 bits per heavy atom. The van der Waals surface area contributed by atoms with E-state index in [4.69, 9.17) is 0 Å². The Balaban J connectivity index is 2.20. The molecule has 0 amide bonds. The minimum absolute atomic E-state index is 0.209. The highest BCUT2D eigenvalue weighted by Gasteiger charge is 2.17. The lowest BCUT2D eigenvalue weighted by Crippen LogP contribution is -2.13. The zero-order valence-corrected chi connectivity index (χ0v) is 11.3. The molecule has 18 heavy (non-hydrogen) atoms. The molecule has 2 aromatic heterocycles. The Labute approximate surface area is 109 Å². The van der Waals surface area contributed by atoms with E-state index in [2.05, 4.69) is 20.2 Å². The molecule has 0 unspecified atom stereocenters. The van der Waals surface area contributed by atoms with E-state index in [9.17, 15) is 8.42 Å². The summed E-state index contributed by atoms with van der Waals surface area (Å²) in [5.74, 6) is 0.209. The van der Waals surface area contributed by atoms with Crippen molar-refractivity contribution in [1.82, 2.24) is 15.5 Å². The number of anilines is 1.